The third-order valence-corrected chi connectivity index (χ3v) is 3.00. The topological polar surface area (TPSA) is 72.4 Å². The van der Waals surface area contributed by atoms with Gasteiger partial charge in [0.15, 0.2) is 5.82 Å². The molecule has 21 heavy (non-hydrogen) atoms. The summed E-state index contributed by atoms with van der Waals surface area (Å²) >= 11 is 0. The smallest absolute Gasteiger partial charge is 0.259 e. The molecule has 3 N–H and O–H groups in total. The highest BCUT2D eigenvalue weighted by Gasteiger charge is 2.16. The lowest BCUT2D eigenvalue weighted by molar-refractivity contribution is 0.102. The van der Waals surface area contributed by atoms with Crippen molar-refractivity contribution in [2.75, 3.05) is 11.1 Å². The lowest BCUT2D eigenvalue weighted by Gasteiger charge is -2.08. The molecule has 0 saturated heterocycles. The number of fused-ring (bicyclic) bond motifs is 1. The highest BCUT2D eigenvalue weighted by molar-refractivity contribution is 6.09. The molecule has 1 amide bonds. The van der Waals surface area contributed by atoms with E-state index in [-0.39, 0.29) is 16.9 Å². The Morgan fingerprint density at radius 2 is 2.10 bits per heavy atom. The van der Waals surface area contributed by atoms with E-state index in [0.717, 1.165) is 6.07 Å². The van der Waals surface area contributed by atoms with Crippen LogP contribution in [-0.2, 0) is 0 Å². The Bertz CT molecular complexity index is 821. The van der Waals surface area contributed by atoms with Gasteiger partial charge in [-0.05, 0) is 18.2 Å². The predicted molar refractivity (Wildman–Crippen MR) is 73.9 cm³/mol. The first-order valence-corrected chi connectivity index (χ1v) is 6.04. The molecule has 7 heteroatoms. The molecule has 0 bridgehead atoms. The van der Waals surface area contributed by atoms with Gasteiger partial charge < -0.3 is 11.1 Å². The molecule has 0 aliphatic carbocycles. The largest absolute Gasteiger partial charge is 0.397 e. The number of hydrogen-bond acceptors (Lipinski definition) is 3. The van der Waals surface area contributed by atoms with Crippen molar-refractivity contribution in [1.82, 2.24) is 9.61 Å². The molecule has 0 aliphatic heterocycles. The number of amides is 1. The third-order valence-electron chi connectivity index (χ3n) is 3.00. The van der Waals surface area contributed by atoms with E-state index in [1.165, 1.54) is 10.7 Å². The summed E-state index contributed by atoms with van der Waals surface area (Å²) in [5.74, 6) is -2.32. The summed E-state index contributed by atoms with van der Waals surface area (Å²) in [7, 11) is 0. The second-order valence-electron chi connectivity index (χ2n) is 4.39. The molecule has 0 aliphatic rings. The van der Waals surface area contributed by atoms with E-state index in [0.29, 0.717) is 11.6 Å². The number of halogens is 2. The molecular formula is C14H10F2N4O. The minimum Gasteiger partial charge on any atom is -0.397 e. The Morgan fingerprint density at radius 3 is 2.86 bits per heavy atom. The van der Waals surface area contributed by atoms with Gasteiger partial charge in [-0.1, -0.05) is 6.07 Å². The third kappa shape index (κ3) is 2.29. The van der Waals surface area contributed by atoms with Crippen molar-refractivity contribution in [2.45, 2.75) is 0 Å². The Morgan fingerprint density at radius 1 is 1.29 bits per heavy atom. The molecule has 3 rings (SSSR count). The summed E-state index contributed by atoms with van der Waals surface area (Å²) in [5.41, 5.74) is 5.91. The van der Waals surface area contributed by atoms with Crippen molar-refractivity contribution in [3.8, 4) is 0 Å². The van der Waals surface area contributed by atoms with Crippen LogP contribution in [0.1, 0.15) is 10.4 Å². The molecule has 3 aromatic rings. The van der Waals surface area contributed by atoms with E-state index >= 15 is 0 Å². The van der Waals surface area contributed by atoms with E-state index in [1.807, 2.05) is 0 Å². The van der Waals surface area contributed by atoms with Gasteiger partial charge in [-0.25, -0.2) is 13.3 Å². The number of anilines is 2. The number of hydrogen-bond donors (Lipinski definition) is 2. The summed E-state index contributed by atoms with van der Waals surface area (Å²) < 4.78 is 28.2. The number of carbonyl (C=O) groups excluding carboxylic acids is 1. The van der Waals surface area contributed by atoms with Crippen molar-refractivity contribution in [3.05, 3.63) is 59.9 Å². The minimum absolute atomic E-state index is 0.183. The summed E-state index contributed by atoms with van der Waals surface area (Å²) in [6.45, 7) is 0. The SMILES string of the molecule is Nc1cc(F)cc(F)c1NC(=O)c1cnn2ccccc12. The molecule has 2 aromatic heterocycles. The lowest BCUT2D eigenvalue weighted by atomic mass is 10.2. The van der Waals surface area contributed by atoms with E-state index < -0.39 is 17.5 Å². The number of rotatable bonds is 2. The molecule has 0 atom stereocenters. The second-order valence-corrected chi connectivity index (χ2v) is 4.39. The van der Waals surface area contributed by atoms with E-state index in [2.05, 4.69) is 10.4 Å². The molecule has 0 fully saturated rings. The van der Waals surface area contributed by atoms with Gasteiger partial charge in [0.25, 0.3) is 5.91 Å². The van der Waals surface area contributed by atoms with Crippen LogP contribution in [-0.4, -0.2) is 15.5 Å². The van der Waals surface area contributed by atoms with Crippen LogP contribution in [0.25, 0.3) is 5.52 Å². The molecular weight excluding hydrogens is 278 g/mol. The Hall–Kier alpha value is -2.96. The van der Waals surface area contributed by atoms with Crippen molar-refractivity contribution in [2.24, 2.45) is 0 Å². The lowest BCUT2D eigenvalue weighted by Crippen LogP contribution is -2.14. The number of nitrogens with zero attached hydrogens (tertiary/aromatic N) is 2. The number of benzene rings is 1. The number of carbonyl (C=O) groups is 1. The Labute approximate surface area is 118 Å². The van der Waals surface area contributed by atoms with Crippen LogP contribution in [0.15, 0.2) is 42.7 Å². The highest BCUT2D eigenvalue weighted by Crippen LogP contribution is 2.25. The van der Waals surface area contributed by atoms with Crippen LogP contribution in [0.4, 0.5) is 20.2 Å². The molecule has 1 aromatic carbocycles. The monoisotopic (exact) mass is 288 g/mol. The molecule has 106 valence electrons. The normalized spacial score (nSPS) is 10.8. The van der Waals surface area contributed by atoms with Gasteiger partial charge >= 0.3 is 0 Å². The zero-order chi connectivity index (χ0) is 15.0. The van der Waals surface area contributed by atoms with Gasteiger partial charge in [0.2, 0.25) is 0 Å². The van der Waals surface area contributed by atoms with Crippen LogP contribution in [0.3, 0.4) is 0 Å². The summed E-state index contributed by atoms with van der Waals surface area (Å²) in [6.07, 6.45) is 3.04. The second kappa shape index (κ2) is 4.86. The van der Waals surface area contributed by atoms with Crippen LogP contribution in [0.5, 0.6) is 0 Å². The van der Waals surface area contributed by atoms with Crippen LogP contribution >= 0.6 is 0 Å². The van der Waals surface area contributed by atoms with Gasteiger partial charge in [-0.15, -0.1) is 0 Å². The molecule has 0 saturated carbocycles. The van der Waals surface area contributed by atoms with E-state index in [4.69, 9.17) is 5.73 Å². The van der Waals surface area contributed by atoms with Gasteiger partial charge in [-0.2, -0.15) is 5.10 Å². The summed E-state index contributed by atoms with van der Waals surface area (Å²) in [5, 5.41) is 6.35. The summed E-state index contributed by atoms with van der Waals surface area (Å²) in [4.78, 5) is 12.2. The fourth-order valence-corrected chi connectivity index (χ4v) is 2.02. The average molecular weight is 288 g/mol. The highest BCUT2D eigenvalue weighted by atomic mass is 19.1. The Balaban J connectivity index is 1.97. The predicted octanol–water partition coefficient (Wildman–Crippen LogP) is 2.45. The Kier molecular flexibility index (Phi) is 3.02. The average Bonchev–Trinajstić information content (AvgIpc) is 2.86. The van der Waals surface area contributed by atoms with Crippen LogP contribution in [0, 0.1) is 11.6 Å². The zero-order valence-electron chi connectivity index (χ0n) is 10.7. The van der Waals surface area contributed by atoms with Crippen molar-refractivity contribution in [3.63, 3.8) is 0 Å². The quantitative estimate of drug-likeness (QED) is 0.711. The van der Waals surface area contributed by atoms with Crippen molar-refractivity contribution in [1.29, 1.82) is 0 Å². The number of aromatic nitrogens is 2. The molecule has 0 radical (unpaired) electrons. The molecule has 2 heterocycles. The molecule has 5 nitrogen and oxygen atoms in total. The molecule has 0 unspecified atom stereocenters. The van der Waals surface area contributed by atoms with Crippen molar-refractivity contribution >= 4 is 22.8 Å². The molecule has 0 spiro atoms. The van der Waals surface area contributed by atoms with Crippen LogP contribution < -0.4 is 11.1 Å². The zero-order valence-corrected chi connectivity index (χ0v) is 10.7. The first-order chi connectivity index (χ1) is 10.1. The van der Waals surface area contributed by atoms with Gasteiger partial charge in [-0.3, -0.25) is 4.79 Å². The maximum absolute atomic E-state index is 13.7. The number of nitrogens with two attached hydrogens (primary N) is 1. The van der Waals surface area contributed by atoms with Gasteiger partial charge in [0.1, 0.15) is 11.5 Å². The fraction of sp³-hybridized carbons (Fsp3) is 0. The standard InChI is InChI=1S/C14H10F2N4O/c15-8-5-10(16)13(11(17)6-8)19-14(21)9-7-18-20-4-2-1-3-12(9)20/h1-7H,17H2,(H,19,21). The minimum atomic E-state index is -0.933. The number of nitrogen functional groups attached to an aromatic ring is 1. The maximum atomic E-state index is 13.7. The first kappa shape index (κ1) is 13.0. The van der Waals surface area contributed by atoms with Crippen LogP contribution in [0.2, 0.25) is 0 Å². The van der Waals surface area contributed by atoms with Gasteiger partial charge in [0, 0.05) is 12.3 Å². The first-order valence-electron chi connectivity index (χ1n) is 6.04. The maximum Gasteiger partial charge on any atom is 0.259 e. The van der Waals surface area contributed by atoms with Crippen molar-refractivity contribution < 1.29 is 13.6 Å². The number of nitrogens with one attached hydrogen (secondary N) is 1. The summed E-state index contributed by atoms with van der Waals surface area (Å²) in [6, 6.07) is 6.81. The van der Waals surface area contributed by atoms with E-state index in [9.17, 15) is 13.6 Å². The number of pyridine rings is 1. The van der Waals surface area contributed by atoms with Gasteiger partial charge in [0.05, 0.1) is 23.0 Å². The van der Waals surface area contributed by atoms with E-state index in [1.54, 1.807) is 24.4 Å². The fourth-order valence-electron chi connectivity index (χ4n) is 2.02.